The highest BCUT2D eigenvalue weighted by Gasteiger charge is 2.26. The maximum atomic E-state index is 2.47. The molecule has 3 aromatic carbocycles. The van der Waals surface area contributed by atoms with Gasteiger partial charge in [0.2, 0.25) is 0 Å². The van der Waals surface area contributed by atoms with Crippen molar-refractivity contribution in [3.63, 3.8) is 0 Å². The average Bonchev–Trinajstić information content (AvgIpc) is 2.66. The van der Waals surface area contributed by atoms with E-state index >= 15 is 0 Å². The normalized spacial score (nSPS) is 12.2. The van der Waals surface area contributed by atoms with Crippen LogP contribution in [0.25, 0.3) is 22.3 Å². The minimum atomic E-state index is 0.0828. The molecule has 0 unspecified atom stereocenters. The Morgan fingerprint density at radius 1 is 0.571 bits per heavy atom. The van der Waals surface area contributed by atoms with E-state index in [9.17, 15) is 0 Å². The lowest BCUT2D eigenvalue weighted by atomic mass is 9.74. The average molecular weight is 371 g/mol. The molecule has 28 heavy (non-hydrogen) atoms. The minimum absolute atomic E-state index is 0.0828. The molecule has 0 heterocycles. The third-order valence-electron chi connectivity index (χ3n) is 5.54. The van der Waals surface area contributed by atoms with Crippen LogP contribution in [0.3, 0.4) is 0 Å². The molecule has 0 radical (unpaired) electrons. The Hall–Kier alpha value is -2.34. The van der Waals surface area contributed by atoms with E-state index in [0.717, 1.165) is 6.42 Å². The molecular formula is C28H34. The maximum absolute atomic E-state index is 2.47. The molecule has 0 atom stereocenters. The first kappa shape index (κ1) is 20.4. The monoisotopic (exact) mass is 370 g/mol. The van der Waals surface area contributed by atoms with Crippen molar-refractivity contribution >= 4 is 0 Å². The third kappa shape index (κ3) is 4.07. The number of hydrogen-bond acceptors (Lipinski definition) is 0. The number of rotatable bonds is 3. The number of hydrogen-bond donors (Lipinski definition) is 0. The summed E-state index contributed by atoms with van der Waals surface area (Å²) < 4.78 is 0. The van der Waals surface area contributed by atoms with E-state index in [1.807, 2.05) is 0 Å². The zero-order chi connectivity index (χ0) is 20.5. The second kappa shape index (κ2) is 7.59. The molecule has 0 N–H and O–H groups in total. The second-order valence-corrected chi connectivity index (χ2v) is 9.82. The molecule has 0 aliphatic heterocycles. The van der Waals surface area contributed by atoms with Crippen LogP contribution in [-0.4, -0.2) is 0 Å². The summed E-state index contributed by atoms with van der Waals surface area (Å²) in [6, 6.07) is 24.5. The van der Waals surface area contributed by atoms with Crippen molar-refractivity contribution in [1.82, 2.24) is 0 Å². The lowest BCUT2D eigenvalue weighted by Crippen LogP contribution is -2.19. The van der Waals surface area contributed by atoms with Crippen molar-refractivity contribution in [3.8, 4) is 22.3 Å². The molecule has 0 aromatic heterocycles. The minimum Gasteiger partial charge on any atom is -0.0622 e. The van der Waals surface area contributed by atoms with Crippen LogP contribution in [0.2, 0.25) is 0 Å². The molecule has 146 valence electrons. The van der Waals surface area contributed by atoms with Gasteiger partial charge in [0.25, 0.3) is 0 Å². The van der Waals surface area contributed by atoms with Crippen LogP contribution < -0.4 is 0 Å². The molecule has 0 heteroatoms. The van der Waals surface area contributed by atoms with Gasteiger partial charge in [-0.25, -0.2) is 0 Å². The molecular weight excluding hydrogens is 336 g/mol. The first-order valence-corrected chi connectivity index (χ1v) is 10.5. The fraction of sp³-hybridized carbons (Fsp3) is 0.357. The molecule has 3 rings (SSSR count). The SMILES string of the molecule is CCc1cc(C(C)(C)C)c(-c2ccccc2-c2ccccc2)cc1C(C)(C)C. The Kier molecular flexibility index (Phi) is 5.53. The molecule has 3 aromatic rings. The summed E-state index contributed by atoms with van der Waals surface area (Å²) in [6.45, 7) is 16.2. The van der Waals surface area contributed by atoms with Crippen LogP contribution in [0, 0.1) is 0 Å². The first-order valence-electron chi connectivity index (χ1n) is 10.5. The van der Waals surface area contributed by atoms with E-state index in [1.54, 1.807) is 0 Å². The summed E-state index contributed by atoms with van der Waals surface area (Å²) in [7, 11) is 0. The van der Waals surface area contributed by atoms with Gasteiger partial charge in [-0.1, -0.05) is 115 Å². The van der Waals surface area contributed by atoms with Gasteiger partial charge in [0, 0.05) is 0 Å². The number of benzene rings is 3. The van der Waals surface area contributed by atoms with Crippen molar-refractivity contribution in [2.45, 2.75) is 65.7 Å². The van der Waals surface area contributed by atoms with E-state index in [0.29, 0.717) is 0 Å². The standard InChI is InChI=1S/C28H34/c1-8-20-18-26(28(5,6)7)24(19-25(20)27(2,3)4)23-17-13-12-16-22(23)21-14-10-9-11-15-21/h9-19H,8H2,1-7H3. The summed E-state index contributed by atoms with van der Waals surface area (Å²) in [5, 5.41) is 0. The summed E-state index contributed by atoms with van der Waals surface area (Å²) in [4.78, 5) is 0. The van der Waals surface area contributed by atoms with Crippen LogP contribution in [0.15, 0.2) is 66.7 Å². The molecule has 0 saturated heterocycles. The smallest absolute Gasteiger partial charge is 0.0102 e. The highest BCUT2D eigenvalue weighted by molar-refractivity contribution is 5.86. The fourth-order valence-corrected chi connectivity index (χ4v) is 4.07. The highest BCUT2D eigenvalue weighted by Crippen LogP contribution is 2.42. The van der Waals surface area contributed by atoms with Crippen LogP contribution in [0.4, 0.5) is 0 Å². The number of aryl methyl sites for hydroxylation is 1. The predicted molar refractivity (Wildman–Crippen MR) is 124 cm³/mol. The molecule has 0 bridgehead atoms. The van der Waals surface area contributed by atoms with Crippen LogP contribution in [0.1, 0.15) is 65.2 Å². The Morgan fingerprint density at radius 2 is 1.11 bits per heavy atom. The van der Waals surface area contributed by atoms with Gasteiger partial charge in [0.1, 0.15) is 0 Å². The van der Waals surface area contributed by atoms with E-state index in [-0.39, 0.29) is 10.8 Å². The van der Waals surface area contributed by atoms with Crippen LogP contribution >= 0.6 is 0 Å². The van der Waals surface area contributed by atoms with Gasteiger partial charge in [0.05, 0.1) is 0 Å². The van der Waals surface area contributed by atoms with Crippen molar-refractivity contribution in [1.29, 1.82) is 0 Å². The topological polar surface area (TPSA) is 0 Å². The molecule has 0 aliphatic carbocycles. The van der Waals surface area contributed by atoms with Crippen molar-refractivity contribution in [2.75, 3.05) is 0 Å². The summed E-state index contributed by atoms with van der Waals surface area (Å²) >= 11 is 0. The van der Waals surface area contributed by atoms with Gasteiger partial charge in [-0.15, -0.1) is 0 Å². The van der Waals surface area contributed by atoms with Crippen LogP contribution in [-0.2, 0) is 17.3 Å². The van der Waals surface area contributed by atoms with Gasteiger partial charge in [-0.2, -0.15) is 0 Å². The Labute approximate surface area is 171 Å². The van der Waals surface area contributed by atoms with Crippen LogP contribution in [0.5, 0.6) is 0 Å². The van der Waals surface area contributed by atoms with Gasteiger partial charge >= 0.3 is 0 Å². The maximum Gasteiger partial charge on any atom is -0.0102 e. The Bertz CT molecular complexity index is 948. The summed E-state index contributed by atoms with van der Waals surface area (Å²) in [5.74, 6) is 0. The van der Waals surface area contributed by atoms with E-state index in [2.05, 4.69) is 115 Å². The first-order chi connectivity index (χ1) is 13.1. The Morgan fingerprint density at radius 3 is 1.64 bits per heavy atom. The van der Waals surface area contributed by atoms with Crippen molar-refractivity contribution < 1.29 is 0 Å². The van der Waals surface area contributed by atoms with Crippen molar-refractivity contribution in [2.24, 2.45) is 0 Å². The van der Waals surface area contributed by atoms with Gasteiger partial charge in [0.15, 0.2) is 0 Å². The van der Waals surface area contributed by atoms with E-state index < -0.39 is 0 Å². The second-order valence-electron chi connectivity index (χ2n) is 9.82. The largest absolute Gasteiger partial charge is 0.0622 e. The lowest BCUT2D eigenvalue weighted by Gasteiger charge is -2.30. The lowest BCUT2D eigenvalue weighted by molar-refractivity contribution is 0.572. The molecule has 0 fully saturated rings. The quantitative estimate of drug-likeness (QED) is 0.436. The fourth-order valence-electron chi connectivity index (χ4n) is 4.07. The zero-order valence-corrected chi connectivity index (χ0v) is 18.6. The summed E-state index contributed by atoms with van der Waals surface area (Å²) in [6.07, 6.45) is 1.07. The highest BCUT2D eigenvalue weighted by atomic mass is 14.3. The summed E-state index contributed by atoms with van der Waals surface area (Å²) in [5.41, 5.74) is 9.84. The predicted octanol–water partition coefficient (Wildman–Crippen LogP) is 8.18. The van der Waals surface area contributed by atoms with E-state index in [1.165, 1.54) is 38.9 Å². The van der Waals surface area contributed by atoms with Gasteiger partial charge in [-0.05, 0) is 56.2 Å². The van der Waals surface area contributed by atoms with E-state index in [4.69, 9.17) is 0 Å². The molecule has 0 aliphatic rings. The van der Waals surface area contributed by atoms with Gasteiger partial charge in [-0.3, -0.25) is 0 Å². The molecule has 0 spiro atoms. The molecule has 0 nitrogen and oxygen atoms in total. The molecule has 0 saturated carbocycles. The van der Waals surface area contributed by atoms with Crippen molar-refractivity contribution in [3.05, 3.63) is 83.4 Å². The zero-order valence-electron chi connectivity index (χ0n) is 18.6. The molecule has 0 amide bonds. The third-order valence-corrected chi connectivity index (χ3v) is 5.54. The Balaban J connectivity index is 2.36. The van der Waals surface area contributed by atoms with Gasteiger partial charge < -0.3 is 0 Å².